The Morgan fingerprint density at radius 1 is 1.23 bits per heavy atom. The summed E-state index contributed by atoms with van der Waals surface area (Å²) in [6, 6.07) is 5.58. The second-order valence-electron chi connectivity index (χ2n) is 6.52. The lowest BCUT2D eigenvalue weighted by Crippen LogP contribution is -2.21. The van der Waals surface area contributed by atoms with Crippen LogP contribution in [0.3, 0.4) is 0 Å². The van der Waals surface area contributed by atoms with Crippen LogP contribution in [0, 0.1) is 6.92 Å². The zero-order valence-electron chi connectivity index (χ0n) is 14.3. The van der Waals surface area contributed by atoms with Crippen molar-refractivity contribution in [3.05, 3.63) is 50.4 Å². The van der Waals surface area contributed by atoms with Gasteiger partial charge in [0.05, 0.1) is 11.6 Å². The molecule has 0 atom stereocenters. The minimum absolute atomic E-state index is 0.0797. The maximum Gasteiger partial charge on any atom is 0.283 e. The predicted molar refractivity (Wildman–Crippen MR) is 101 cm³/mol. The molecule has 2 aromatic heterocycles. The van der Waals surface area contributed by atoms with Crippen LogP contribution in [-0.2, 0) is 12.8 Å². The number of fused-ring (bicyclic) bond motifs is 4. The summed E-state index contributed by atoms with van der Waals surface area (Å²) in [6.07, 6.45) is 5.99. The number of ether oxygens (including phenoxy) is 2. The number of nitrogens with zero attached hydrogens (tertiary/aromatic N) is 3. The van der Waals surface area contributed by atoms with Gasteiger partial charge in [-0.2, -0.15) is 9.78 Å². The molecule has 0 fully saturated rings. The molecule has 26 heavy (non-hydrogen) atoms. The number of aromatic nitrogens is 2. The van der Waals surface area contributed by atoms with Crippen molar-refractivity contribution in [1.82, 2.24) is 9.66 Å². The second-order valence-corrected chi connectivity index (χ2v) is 7.61. The van der Waals surface area contributed by atoms with Crippen molar-refractivity contribution in [1.29, 1.82) is 0 Å². The first-order chi connectivity index (χ1) is 12.7. The highest BCUT2D eigenvalue weighted by Crippen LogP contribution is 2.34. The van der Waals surface area contributed by atoms with Crippen LogP contribution in [-0.4, -0.2) is 22.7 Å². The van der Waals surface area contributed by atoms with Gasteiger partial charge in [0.15, 0.2) is 11.5 Å². The Morgan fingerprint density at radius 2 is 2.08 bits per heavy atom. The van der Waals surface area contributed by atoms with Crippen LogP contribution in [0.1, 0.15) is 34.7 Å². The molecule has 0 saturated heterocycles. The Balaban J connectivity index is 1.59. The molecule has 1 aliphatic carbocycles. The maximum absolute atomic E-state index is 13.1. The third kappa shape index (κ3) is 2.42. The summed E-state index contributed by atoms with van der Waals surface area (Å²) in [4.78, 5) is 19.9. The fourth-order valence-electron chi connectivity index (χ4n) is 3.55. The molecule has 0 radical (unpaired) electrons. The minimum atomic E-state index is -0.0797. The SMILES string of the molecule is Cc1nc2sc3c(c2c(=O)n1N=Cc1ccc2c(c1)OCO2)CCCC3. The fourth-order valence-corrected chi connectivity index (χ4v) is 4.85. The minimum Gasteiger partial charge on any atom is -0.454 e. The van der Waals surface area contributed by atoms with Gasteiger partial charge in [-0.1, -0.05) is 0 Å². The van der Waals surface area contributed by atoms with Gasteiger partial charge in [-0.15, -0.1) is 11.3 Å². The number of rotatable bonds is 2. The first kappa shape index (κ1) is 15.6. The average Bonchev–Trinajstić information content (AvgIpc) is 3.24. The molecule has 7 heteroatoms. The number of benzene rings is 1. The van der Waals surface area contributed by atoms with Crippen LogP contribution in [0.2, 0.25) is 0 Å². The molecule has 0 spiro atoms. The topological polar surface area (TPSA) is 65.7 Å². The van der Waals surface area contributed by atoms with E-state index >= 15 is 0 Å². The summed E-state index contributed by atoms with van der Waals surface area (Å²) >= 11 is 1.66. The van der Waals surface area contributed by atoms with Crippen molar-refractivity contribution in [2.75, 3.05) is 6.79 Å². The fraction of sp³-hybridized carbons (Fsp3) is 0.316. The molecule has 1 aliphatic heterocycles. The Labute approximate surface area is 153 Å². The average molecular weight is 367 g/mol. The number of hydrogen-bond donors (Lipinski definition) is 0. The summed E-state index contributed by atoms with van der Waals surface area (Å²) in [7, 11) is 0. The van der Waals surface area contributed by atoms with Gasteiger partial charge in [0.1, 0.15) is 10.7 Å². The van der Waals surface area contributed by atoms with Gasteiger partial charge in [-0.25, -0.2) is 4.98 Å². The third-order valence-corrected chi connectivity index (χ3v) is 6.03. The van der Waals surface area contributed by atoms with Crippen molar-refractivity contribution in [3.8, 4) is 11.5 Å². The van der Waals surface area contributed by atoms with Crippen molar-refractivity contribution >= 4 is 27.8 Å². The van der Waals surface area contributed by atoms with Crippen molar-refractivity contribution < 1.29 is 9.47 Å². The Kier molecular flexibility index (Phi) is 3.56. The molecular weight excluding hydrogens is 350 g/mol. The van der Waals surface area contributed by atoms with E-state index < -0.39 is 0 Å². The van der Waals surface area contributed by atoms with E-state index in [0.29, 0.717) is 11.6 Å². The van der Waals surface area contributed by atoms with Crippen LogP contribution in [0.4, 0.5) is 0 Å². The first-order valence-electron chi connectivity index (χ1n) is 8.68. The van der Waals surface area contributed by atoms with Gasteiger partial charge in [0, 0.05) is 4.88 Å². The van der Waals surface area contributed by atoms with E-state index in [-0.39, 0.29) is 12.4 Å². The highest BCUT2D eigenvalue weighted by molar-refractivity contribution is 7.18. The van der Waals surface area contributed by atoms with Gasteiger partial charge in [-0.05, 0) is 61.9 Å². The zero-order valence-corrected chi connectivity index (χ0v) is 15.1. The monoisotopic (exact) mass is 367 g/mol. The van der Waals surface area contributed by atoms with Crippen LogP contribution in [0.15, 0.2) is 28.1 Å². The lowest BCUT2D eigenvalue weighted by atomic mass is 9.97. The summed E-state index contributed by atoms with van der Waals surface area (Å²) in [6.45, 7) is 2.05. The molecule has 0 saturated carbocycles. The number of aryl methyl sites for hydroxylation is 3. The van der Waals surface area contributed by atoms with Gasteiger partial charge < -0.3 is 9.47 Å². The van der Waals surface area contributed by atoms with Gasteiger partial charge >= 0.3 is 0 Å². The van der Waals surface area contributed by atoms with Crippen molar-refractivity contribution in [3.63, 3.8) is 0 Å². The molecule has 2 aliphatic rings. The molecule has 3 heterocycles. The van der Waals surface area contributed by atoms with Gasteiger partial charge in [0.25, 0.3) is 5.56 Å². The van der Waals surface area contributed by atoms with E-state index in [4.69, 9.17) is 9.47 Å². The normalized spacial score (nSPS) is 15.7. The van der Waals surface area contributed by atoms with E-state index in [1.165, 1.54) is 21.5 Å². The third-order valence-electron chi connectivity index (χ3n) is 4.85. The smallest absolute Gasteiger partial charge is 0.283 e. The zero-order chi connectivity index (χ0) is 17.7. The van der Waals surface area contributed by atoms with Crippen LogP contribution >= 0.6 is 11.3 Å². The van der Waals surface area contributed by atoms with Crippen LogP contribution in [0.5, 0.6) is 11.5 Å². The lowest BCUT2D eigenvalue weighted by molar-refractivity contribution is 0.174. The first-order valence-corrected chi connectivity index (χ1v) is 9.50. The molecular formula is C19H17N3O3S. The summed E-state index contributed by atoms with van der Waals surface area (Å²) in [5.41, 5.74) is 1.94. The number of hydrogen-bond acceptors (Lipinski definition) is 6. The molecule has 132 valence electrons. The summed E-state index contributed by atoms with van der Waals surface area (Å²) in [5, 5.41) is 5.15. The standard InChI is InChI=1S/C19H17N3O3S/c1-11-21-18-17(13-4-2-3-5-16(13)26-18)19(23)22(11)20-9-12-6-7-14-15(8-12)25-10-24-14/h6-9H,2-5,10H2,1H3. The van der Waals surface area contributed by atoms with E-state index in [9.17, 15) is 4.79 Å². The Morgan fingerprint density at radius 3 is 3.00 bits per heavy atom. The quantitative estimate of drug-likeness (QED) is 0.652. The molecule has 1 aromatic carbocycles. The highest BCUT2D eigenvalue weighted by Gasteiger charge is 2.21. The molecule has 0 amide bonds. The molecule has 5 rings (SSSR count). The molecule has 0 N–H and O–H groups in total. The van der Waals surface area contributed by atoms with Crippen molar-refractivity contribution in [2.45, 2.75) is 32.6 Å². The maximum atomic E-state index is 13.1. The van der Waals surface area contributed by atoms with E-state index in [1.807, 2.05) is 25.1 Å². The Bertz CT molecular complexity index is 1110. The summed E-state index contributed by atoms with van der Waals surface area (Å²) < 4.78 is 12.1. The molecule has 3 aromatic rings. The highest BCUT2D eigenvalue weighted by atomic mass is 32.1. The largest absolute Gasteiger partial charge is 0.454 e. The Hall–Kier alpha value is -2.67. The second kappa shape index (κ2) is 5.95. The summed E-state index contributed by atoms with van der Waals surface area (Å²) in [5.74, 6) is 2.01. The lowest BCUT2D eigenvalue weighted by Gasteiger charge is -2.10. The van der Waals surface area contributed by atoms with Crippen LogP contribution in [0.25, 0.3) is 10.2 Å². The van der Waals surface area contributed by atoms with E-state index in [0.717, 1.165) is 40.8 Å². The molecule has 6 nitrogen and oxygen atoms in total. The number of thiophene rings is 1. The van der Waals surface area contributed by atoms with E-state index in [2.05, 4.69) is 10.1 Å². The van der Waals surface area contributed by atoms with E-state index in [1.54, 1.807) is 17.6 Å². The van der Waals surface area contributed by atoms with Gasteiger partial charge in [-0.3, -0.25) is 4.79 Å². The molecule has 0 bridgehead atoms. The van der Waals surface area contributed by atoms with Crippen molar-refractivity contribution in [2.24, 2.45) is 5.10 Å². The molecule has 0 unspecified atom stereocenters. The van der Waals surface area contributed by atoms with Crippen LogP contribution < -0.4 is 15.0 Å². The van der Waals surface area contributed by atoms with Gasteiger partial charge in [0.2, 0.25) is 6.79 Å². The predicted octanol–water partition coefficient (Wildman–Crippen LogP) is 3.26.